The van der Waals surface area contributed by atoms with Crippen LogP contribution in [-0.2, 0) is 0 Å². The zero-order valence-corrected chi connectivity index (χ0v) is 13.2. The number of hydrogen-bond acceptors (Lipinski definition) is 2. The van der Waals surface area contributed by atoms with Gasteiger partial charge in [0.05, 0.1) is 22.1 Å². The van der Waals surface area contributed by atoms with Crippen molar-refractivity contribution >= 4 is 45.1 Å². The van der Waals surface area contributed by atoms with Gasteiger partial charge < -0.3 is 4.98 Å². The van der Waals surface area contributed by atoms with Crippen molar-refractivity contribution in [1.29, 1.82) is 0 Å². The lowest BCUT2D eigenvalue weighted by atomic mass is 10.1. The second-order valence-corrected chi connectivity index (χ2v) is 6.06. The Morgan fingerprint density at radius 1 is 0.909 bits per heavy atom. The molecule has 0 aliphatic carbocycles. The van der Waals surface area contributed by atoms with Crippen LogP contribution in [0.3, 0.4) is 0 Å². The summed E-state index contributed by atoms with van der Waals surface area (Å²) in [5.41, 5.74) is 4.56. The molecule has 4 rings (SSSR count). The van der Waals surface area contributed by atoms with Crippen LogP contribution in [-0.4, -0.2) is 15.0 Å². The lowest BCUT2D eigenvalue weighted by Crippen LogP contribution is -1.88. The highest BCUT2D eigenvalue weighted by molar-refractivity contribution is 6.32. The minimum atomic E-state index is 0.432. The fraction of sp³-hybridized carbons (Fsp3) is 0.0588. The molecule has 1 N–H and O–H groups in total. The predicted molar refractivity (Wildman–Crippen MR) is 91.6 cm³/mol. The van der Waals surface area contributed by atoms with Crippen LogP contribution in [0.15, 0.2) is 42.5 Å². The van der Waals surface area contributed by atoms with Crippen molar-refractivity contribution in [3.8, 4) is 11.4 Å². The van der Waals surface area contributed by atoms with Gasteiger partial charge in [0.15, 0.2) is 0 Å². The van der Waals surface area contributed by atoms with Crippen LogP contribution in [0.1, 0.15) is 5.56 Å². The number of H-pyrrole nitrogens is 1. The van der Waals surface area contributed by atoms with Crippen molar-refractivity contribution in [1.82, 2.24) is 15.0 Å². The molecule has 3 nitrogen and oxygen atoms in total. The normalized spacial score (nSPS) is 11.4. The summed E-state index contributed by atoms with van der Waals surface area (Å²) in [5, 5.41) is 2.14. The number of aromatic nitrogens is 3. The Kier molecular flexibility index (Phi) is 3.06. The molecule has 0 atom stereocenters. The molecule has 0 radical (unpaired) electrons. The highest BCUT2D eigenvalue weighted by Crippen LogP contribution is 2.30. The number of nitrogens with one attached hydrogen (secondary N) is 1. The Labute approximate surface area is 136 Å². The van der Waals surface area contributed by atoms with Crippen molar-refractivity contribution in [3.63, 3.8) is 0 Å². The molecule has 0 fully saturated rings. The van der Waals surface area contributed by atoms with E-state index >= 15 is 0 Å². The summed E-state index contributed by atoms with van der Waals surface area (Å²) < 4.78 is 0. The Balaban J connectivity index is 1.96. The number of aryl methyl sites for hydroxylation is 1. The summed E-state index contributed by atoms with van der Waals surface area (Å²) >= 11 is 12.4. The molecule has 0 amide bonds. The predicted octanol–water partition coefficient (Wildman–Crippen LogP) is 5.39. The molecule has 2 aromatic carbocycles. The average molecular weight is 328 g/mol. The molecule has 0 aliphatic rings. The molecular formula is C17H11Cl2N3. The summed E-state index contributed by atoms with van der Waals surface area (Å²) in [6.45, 7) is 2.05. The number of imidazole rings is 1. The molecule has 0 aliphatic heterocycles. The van der Waals surface area contributed by atoms with E-state index in [1.807, 2.05) is 36.4 Å². The summed E-state index contributed by atoms with van der Waals surface area (Å²) in [5.74, 6) is 0.693. The van der Waals surface area contributed by atoms with Crippen molar-refractivity contribution in [2.75, 3.05) is 0 Å². The molecule has 4 aromatic rings. The molecule has 2 heterocycles. The van der Waals surface area contributed by atoms with E-state index in [4.69, 9.17) is 23.2 Å². The summed E-state index contributed by atoms with van der Waals surface area (Å²) in [6.07, 6.45) is 0. The average Bonchev–Trinajstić information content (AvgIpc) is 2.89. The van der Waals surface area contributed by atoms with Gasteiger partial charge in [-0.05, 0) is 43.3 Å². The van der Waals surface area contributed by atoms with E-state index in [0.29, 0.717) is 16.0 Å². The van der Waals surface area contributed by atoms with Crippen LogP contribution in [0.2, 0.25) is 10.2 Å². The van der Waals surface area contributed by atoms with E-state index in [0.717, 1.165) is 27.5 Å². The Bertz CT molecular complexity index is 1020. The maximum atomic E-state index is 6.34. The zero-order chi connectivity index (χ0) is 15.3. The van der Waals surface area contributed by atoms with Gasteiger partial charge in [0.25, 0.3) is 0 Å². The van der Waals surface area contributed by atoms with Crippen LogP contribution < -0.4 is 0 Å². The molecule has 22 heavy (non-hydrogen) atoms. The summed E-state index contributed by atoms with van der Waals surface area (Å²) in [6, 6.07) is 13.6. The van der Waals surface area contributed by atoms with Crippen molar-refractivity contribution in [2.45, 2.75) is 6.92 Å². The number of pyridine rings is 1. The van der Waals surface area contributed by atoms with Crippen LogP contribution in [0.5, 0.6) is 0 Å². The van der Waals surface area contributed by atoms with Gasteiger partial charge in [0.2, 0.25) is 0 Å². The highest BCUT2D eigenvalue weighted by Gasteiger charge is 2.12. The number of fused-ring (bicyclic) bond motifs is 2. The van der Waals surface area contributed by atoms with Gasteiger partial charge in [-0.1, -0.05) is 34.8 Å². The van der Waals surface area contributed by atoms with Gasteiger partial charge in [-0.3, -0.25) is 0 Å². The zero-order valence-electron chi connectivity index (χ0n) is 11.7. The van der Waals surface area contributed by atoms with Crippen LogP contribution in [0.4, 0.5) is 0 Å². The van der Waals surface area contributed by atoms with Gasteiger partial charge in [0.1, 0.15) is 11.0 Å². The first-order valence-electron chi connectivity index (χ1n) is 6.83. The highest BCUT2D eigenvalue weighted by atomic mass is 35.5. The maximum Gasteiger partial charge on any atom is 0.141 e. The molecule has 108 valence electrons. The Hall–Kier alpha value is -2.10. The molecule has 0 bridgehead atoms. The largest absolute Gasteiger partial charge is 0.338 e. The SMILES string of the molecule is Cc1ccc2nc(Cl)c(-c3nc4ccc(Cl)cc4[nH]3)cc2c1. The first-order chi connectivity index (χ1) is 10.6. The summed E-state index contributed by atoms with van der Waals surface area (Å²) in [7, 11) is 0. The number of aromatic amines is 1. The Morgan fingerprint density at radius 2 is 1.73 bits per heavy atom. The van der Waals surface area contributed by atoms with Crippen molar-refractivity contribution < 1.29 is 0 Å². The van der Waals surface area contributed by atoms with Gasteiger partial charge in [-0.2, -0.15) is 0 Å². The lowest BCUT2D eigenvalue weighted by molar-refractivity contribution is 1.30. The van der Waals surface area contributed by atoms with E-state index in [1.165, 1.54) is 5.56 Å². The van der Waals surface area contributed by atoms with Gasteiger partial charge in [0, 0.05) is 10.4 Å². The molecule has 0 unspecified atom stereocenters. The number of halogens is 2. The van der Waals surface area contributed by atoms with Crippen molar-refractivity contribution in [3.05, 3.63) is 58.2 Å². The van der Waals surface area contributed by atoms with Crippen LogP contribution in [0, 0.1) is 6.92 Å². The standard InChI is InChI=1S/C17H11Cl2N3/c1-9-2-4-13-10(6-9)7-12(16(19)20-13)17-21-14-5-3-11(18)8-15(14)22-17/h2-8H,1H3,(H,21,22). The van der Waals surface area contributed by atoms with E-state index in [1.54, 1.807) is 0 Å². The molecule has 5 heteroatoms. The number of hydrogen-bond donors (Lipinski definition) is 1. The van der Waals surface area contributed by atoms with E-state index in [-0.39, 0.29) is 0 Å². The molecule has 0 saturated heterocycles. The lowest BCUT2D eigenvalue weighted by Gasteiger charge is -2.04. The third kappa shape index (κ3) is 2.23. The number of benzene rings is 2. The third-order valence-electron chi connectivity index (χ3n) is 3.62. The fourth-order valence-electron chi connectivity index (χ4n) is 2.55. The maximum absolute atomic E-state index is 6.34. The van der Waals surface area contributed by atoms with E-state index in [9.17, 15) is 0 Å². The van der Waals surface area contributed by atoms with Crippen LogP contribution >= 0.6 is 23.2 Å². The molecular weight excluding hydrogens is 317 g/mol. The van der Waals surface area contributed by atoms with Gasteiger partial charge in [-0.25, -0.2) is 9.97 Å². The van der Waals surface area contributed by atoms with Crippen LogP contribution in [0.25, 0.3) is 33.3 Å². The number of rotatable bonds is 1. The fourth-order valence-corrected chi connectivity index (χ4v) is 2.96. The van der Waals surface area contributed by atoms with Gasteiger partial charge in [-0.15, -0.1) is 0 Å². The molecule has 2 aromatic heterocycles. The minimum absolute atomic E-state index is 0.432. The Morgan fingerprint density at radius 3 is 2.59 bits per heavy atom. The first-order valence-corrected chi connectivity index (χ1v) is 7.58. The van der Waals surface area contributed by atoms with E-state index < -0.39 is 0 Å². The minimum Gasteiger partial charge on any atom is -0.338 e. The third-order valence-corrected chi connectivity index (χ3v) is 4.15. The smallest absolute Gasteiger partial charge is 0.141 e. The second-order valence-electron chi connectivity index (χ2n) is 5.27. The monoisotopic (exact) mass is 327 g/mol. The molecule has 0 spiro atoms. The number of nitrogens with zero attached hydrogens (tertiary/aromatic N) is 2. The molecule has 0 saturated carbocycles. The van der Waals surface area contributed by atoms with Gasteiger partial charge >= 0.3 is 0 Å². The van der Waals surface area contributed by atoms with Crippen molar-refractivity contribution in [2.24, 2.45) is 0 Å². The first kappa shape index (κ1) is 13.6. The summed E-state index contributed by atoms with van der Waals surface area (Å²) in [4.78, 5) is 12.3. The quantitative estimate of drug-likeness (QED) is 0.476. The van der Waals surface area contributed by atoms with E-state index in [2.05, 4.69) is 27.9 Å². The topological polar surface area (TPSA) is 41.6 Å². The second kappa shape index (κ2) is 4.97.